The smallest absolute Gasteiger partial charge is 0.408 e. The van der Waals surface area contributed by atoms with E-state index in [1.54, 1.807) is 0 Å². The average Bonchev–Trinajstić information content (AvgIpc) is 2.72. The molecule has 1 N–H and O–H groups in total. The van der Waals surface area contributed by atoms with Gasteiger partial charge >= 0.3 is 12.1 Å². The minimum Gasteiger partial charge on any atom is -0.467 e. The van der Waals surface area contributed by atoms with E-state index in [4.69, 9.17) is 5.11 Å². The highest BCUT2D eigenvalue weighted by Crippen LogP contribution is 2.40. The quantitative estimate of drug-likeness (QED) is 0.643. The topological polar surface area (TPSA) is 83.9 Å². The normalized spacial score (nSPS) is 32.7. The Hall–Kier alpha value is -1.59. The summed E-state index contributed by atoms with van der Waals surface area (Å²) < 4.78 is 4.60. The second-order valence-corrected chi connectivity index (χ2v) is 4.27. The fourth-order valence-electron chi connectivity index (χ4n) is 2.74. The Morgan fingerprint density at radius 3 is 2.69 bits per heavy atom. The van der Waals surface area contributed by atoms with Gasteiger partial charge in [-0.15, -0.1) is 0 Å². The van der Waals surface area contributed by atoms with Gasteiger partial charge in [-0.05, 0) is 5.92 Å². The number of hydrogen-bond donors (Lipinski definition) is 1. The number of ether oxygens (including phenoxy) is 1. The van der Waals surface area contributed by atoms with Gasteiger partial charge in [-0.25, -0.2) is 9.59 Å². The van der Waals surface area contributed by atoms with Crippen LogP contribution in [-0.2, 0) is 14.3 Å². The number of hydrogen-bond acceptors (Lipinski definition) is 4. The number of carbonyl (C=O) groups excluding carboxylic acids is 2. The maximum Gasteiger partial charge on any atom is 0.408 e. The lowest BCUT2D eigenvalue weighted by Gasteiger charge is -2.22. The number of fused-ring (bicyclic) bond motifs is 1. The van der Waals surface area contributed by atoms with Gasteiger partial charge in [0.1, 0.15) is 11.8 Å². The predicted molar refractivity (Wildman–Crippen MR) is 51.8 cm³/mol. The van der Waals surface area contributed by atoms with Crippen LogP contribution in [0.25, 0.3) is 0 Å². The van der Waals surface area contributed by atoms with E-state index in [1.807, 2.05) is 0 Å². The summed E-state index contributed by atoms with van der Waals surface area (Å²) in [5, 5.41) is 8.98. The molecule has 0 aromatic heterocycles. The van der Waals surface area contributed by atoms with Crippen molar-refractivity contribution in [1.29, 1.82) is 0 Å². The van der Waals surface area contributed by atoms with E-state index in [2.05, 4.69) is 4.74 Å². The van der Waals surface area contributed by atoms with Crippen molar-refractivity contribution in [2.45, 2.75) is 18.9 Å². The molecule has 0 aromatic rings. The molecule has 0 aromatic carbocycles. The lowest BCUT2D eigenvalue weighted by Crippen LogP contribution is -2.43. The molecule has 3 atom stereocenters. The highest BCUT2D eigenvalue weighted by atomic mass is 16.5. The van der Waals surface area contributed by atoms with Crippen LogP contribution in [-0.4, -0.2) is 47.5 Å². The van der Waals surface area contributed by atoms with Crippen LogP contribution in [0, 0.1) is 11.8 Å². The molecule has 2 aliphatic rings. The number of carbonyl (C=O) groups is 3. The van der Waals surface area contributed by atoms with Gasteiger partial charge in [0.2, 0.25) is 0 Å². The van der Waals surface area contributed by atoms with E-state index in [0.29, 0.717) is 6.42 Å². The van der Waals surface area contributed by atoms with E-state index >= 15 is 0 Å². The molecule has 2 rings (SSSR count). The first-order chi connectivity index (χ1) is 7.54. The van der Waals surface area contributed by atoms with Crippen molar-refractivity contribution >= 4 is 17.8 Å². The molecule has 16 heavy (non-hydrogen) atoms. The molecule has 1 amide bonds. The number of rotatable bonds is 1. The number of likely N-dealkylation sites (tertiary alicyclic amines) is 1. The van der Waals surface area contributed by atoms with Crippen LogP contribution >= 0.6 is 0 Å². The molecule has 0 spiro atoms. The van der Waals surface area contributed by atoms with Crippen molar-refractivity contribution in [1.82, 2.24) is 4.90 Å². The van der Waals surface area contributed by atoms with Crippen LogP contribution in [0.4, 0.5) is 4.79 Å². The number of amides is 1. The molecule has 0 radical (unpaired) electrons. The third-order valence-electron chi connectivity index (χ3n) is 3.42. The van der Waals surface area contributed by atoms with Gasteiger partial charge in [-0.1, -0.05) is 0 Å². The largest absolute Gasteiger partial charge is 0.467 e. The van der Waals surface area contributed by atoms with E-state index in [-0.39, 0.29) is 30.6 Å². The van der Waals surface area contributed by atoms with Crippen molar-refractivity contribution in [3.8, 4) is 0 Å². The summed E-state index contributed by atoms with van der Waals surface area (Å²) in [4.78, 5) is 34.9. The third-order valence-corrected chi connectivity index (χ3v) is 3.42. The van der Waals surface area contributed by atoms with Gasteiger partial charge in [0, 0.05) is 25.3 Å². The summed E-state index contributed by atoms with van der Waals surface area (Å²) in [6.45, 7) is 0.255. The molecule has 1 aliphatic heterocycles. The molecule has 2 fully saturated rings. The number of carboxylic acid groups (broad SMARTS) is 1. The van der Waals surface area contributed by atoms with Crippen molar-refractivity contribution in [2.75, 3.05) is 13.7 Å². The maximum absolute atomic E-state index is 11.5. The van der Waals surface area contributed by atoms with Crippen LogP contribution < -0.4 is 0 Å². The maximum atomic E-state index is 11.5. The molecular formula is C10H13NO5. The lowest BCUT2D eigenvalue weighted by atomic mass is 9.94. The SMILES string of the molecule is COC(=O)C1C2CC(=O)CC2CN1C(=O)O. The fourth-order valence-corrected chi connectivity index (χ4v) is 2.74. The Morgan fingerprint density at radius 2 is 2.12 bits per heavy atom. The number of ketones is 1. The highest BCUT2D eigenvalue weighted by Gasteiger charge is 2.52. The standard InChI is InChI=1S/C10H13NO5/c1-16-9(13)8-7-3-6(12)2-5(7)4-11(8)10(14)15/h5,7-8H,2-4H2,1H3,(H,14,15). The number of methoxy groups -OCH3 is 1. The third kappa shape index (κ3) is 1.54. The molecule has 88 valence electrons. The van der Waals surface area contributed by atoms with E-state index < -0.39 is 18.1 Å². The van der Waals surface area contributed by atoms with Crippen LogP contribution in [0.5, 0.6) is 0 Å². The van der Waals surface area contributed by atoms with Crippen LogP contribution in [0.15, 0.2) is 0 Å². The number of Topliss-reactive ketones (excluding diaryl/α,β-unsaturated/α-hetero) is 1. The van der Waals surface area contributed by atoms with Crippen LogP contribution in [0.2, 0.25) is 0 Å². The Balaban J connectivity index is 2.24. The van der Waals surface area contributed by atoms with Crippen LogP contribution in [0.3, 0.4) is 0 Å². The van der Waals surface area contributed by atoms with Gasteiger partial charge in [0.05, 0.1) is 7.11 Å². The van der Waals surface area contributed by atoms with E-state index in [1.165, 1.54) is 7.11 Å². The lowest BCUT2D eigenvalue weighted by molar-refractivity contribution is -0.146. The van der Waals surface area contributed by atoms with Gasteiger partial charge in [0.25, 0.3) is 0 Å². The first-order valence-electron chi connectivity index (χ1n) is 5.13. The fraction of sp³-hybridized carbons (Fsp3) is 0.700. The number of esters is 1. The summed E-state index contributed by atoms with van der Waals surface area (Å²) >= 11 is 0. The van der Waals surface area contributed by atoms with Gasteiger partial charge < -0.3 is 9.84 Å². The summed E-state index contributed by atoms with van der Waals surface area (Å²) in [6, 6.07) is -0.807. The zero-order valence-electron chi connectivity index (χ0n) is 8.88. The molecule has 3 unspecified atom stereocenters. The molecule has 1 saturated heterocycles. The summed E-state index contributed by atoms with van der Waals surface area (Å²) in [5.74, 6) is -0.678. The van der Waals surface area contributed by atoms with Gasteiger partial charge in [-0.2, -0.15) is 0 Å². The molecule has 0 bridgehead atoms. The summed E-state index contributed by atoms with van der Waals surface area (Å²) in [6.07, 6.45) is -0.465. The Labute approximate surface area is 92.2 Å². The number of nitrogens with zero attached hydrogens (tertiary/aromatic N) is 1. The zero-order valence-corrected chi connectivity index (χ0v) is 8.88. The monoisotopic (exact) mass is 227 g/mol. The molecule has 1 heterocycles. The molecular weight excluding hydrogens is 214 g/mol. The minimum atomic E-state index is -1.13. The zero-order chi connectivity index (χ0) is 11.9. The van der Waals surface area contributed by atoms with E-state index in [9.17, 15) is 14.4 Å². The molecule has 1 aliphatic carbocycles. The first kappa shape index (κ1) is 10.9. The Bertz CT molecular complexity index is 353. The van der Waals surface area contributed by atoms with Gasteiger partial charge in [-0.3, -0.25) is 9.69 Å². The van der Waals surface area contributed by atoms with E-state index in [0.717, 1.165) is 4.90 Å². The minimum absolute atomic E-state index is 0.0206. The van der Waals surface area contributed by atoms with Crippen LogP contribution in [0.1, 0.15) is 12.8 Å². The predicted octanol–water partition coefficient (Wildman–Crippen LogP) is 0.117. The van der Waals surface area contributed by atoms with Crippen molar-refractivity contribution < 1.29 is 24.2 Å². The second-order valence-electron chi connectivity index (χ2n) is 4.27. The molecule has 6 nitrogen and oxygen atoms in total. The first-order valence-corrected chi connectivity index (χ1v) is 5.13. The molecule has 6 heteroatoms. The van der Waals surface area contributed by atoms with Crippen molar-refractivity contribution in [2.24, 2.45) is 11.8 Å². The second kappa shape index (κ2) is 3.77. The van der Waals surface area contributed by atoms with Gasteiger partial charge in [0.15, 0.2) is 0 Å². The van der Waals surface area contributed by atoms with Crippen molar-refractivity contribution in [3.63, 3.8) is 0 Å². The summed E-state index contributed by atoms with van der Waals surface area (Å²) in [7, 11) is 1.23. The Kier molecular flexibility index (Phi) is 2.57. The average molecular weight is 227 g/mol. The molecule has 1 saturated carbocycles. The van der Waals surface area contributed by atoms with Crippen molar-refractivity contribution in [3.05, 3.63) is 0 Å². The Morgan fingerprint density at radius 1 is 1.44 bits per heavy atom. The summed E-state index contributed by atoms with van der Waals surface area (Å²) in [5.41, 5.74) is 0. The highest BCUT2D eigenvalue weighted by molar-refractivity contribution is 5.87.